The summed E-state index contributed by atoms with van der Waals surface area (Å²) < 4.78 is 0. The van der Waals surface area contributed by atoms with E-state index in [-0.39, 0.29) is 5.91 Å². The first kappa shape index (κ1) is 16.0. The number of amides is 1. The highest BCUT2D eigenvalue weighted by Crippen LogP contribution is 2.29. The second-order valence-corrected chi connectivity index (χ2v) is 6.70. The molecule has 3 nitrogen and oxygen atoms in total. The zero-order valence-corrected chi connectivity index (χ0v) is 13.7. The van der Waals surface area contributed by atoms with Crippen molar-refractivity contribution in [2.24, 2.45) is 0 Å². The van der Waals surface area contributed by atoms with Crippen LogP contribution in [0.3, 0.4) is 0 Å². The first-order valence-electron chi connectivity index (χ1n) is 7.97. The molecule has 1 aromatic carbocycles. The van der Waals surface area contributed by atoms with Crippen LogP contribution in [0.15, 0.2) is 30.3 Å². The Balaban J connectivity index is 2.05. The van der Waals surface area contributed by atoms with Crippen LogP contribution in [0.4, 0.5) is 0 Å². The Hall–Kier alpha value is -1.35. The van der Waals surface area contributed by atoms with Gasteiger partial charge in [0.05, 0.1) is 5.41 Å². The molecule has 1 amide bonds. The van der Waals surface area contributed by atoms with Crippen LogP contribution < -0.4 is 5.32 Å². The number of rotatable bonds is 4. The fraction of sp³-hybridized carbons (Fsp3) is 0.611. The molecule has 1 aliphatic carbocycles. The summed E-state index contributed by atoms with van der Waals surface area (Å²) in [4.78, 5) is 14.9. The third-order valence-corrected chi connectivity index (χ3v) is 5.00. The minimum atomic E-state index is -0.462. The van der Waals surface area contributed by atoms with Crippen molar-refractivity contribution in [2.45, 2.75) is 57.0 Å². The van der Waals surface area contributed by atoms with Crippen LogP contribution in [0.25, 0.3) is 0 Å². The quantitative estimate of drug-likeness (QED) is 0.924. The summed E-state index contributed by atoms with van der Waals surface area (Å²) in [7, 11) is 4.00. The SMILES string of the molecule is CNC1CCC(N(C)C(=O)C(C)(C)c2ccccc2)CC1. The molecule has 0 spiro atoms. The van der Waals surface area contributed by atoms with Gasteiger partial charge in [0.1, 0.15) is 0 Å². The molecular weight excluding hydrogens is 260 g/mol. The Kier molecular flexibility index (Phi) is 5.04. The second-order valence-electron chi connectivity index (χ2n) is 6.70. The fourth-order valence-corrected chi connectivity index (χ4v) is 3.34. The minimum absolute atomic E-state index is 0.224. The zero-order chi connectivity index (χ0) is 15.5. The predicted molar refractivity (Wildman–Crippen MR) is 87.3 cm³/mol. The van der Waals surface area contributed by atoms with Gasteiger partial charge in [-0.05, 0) is 52.1 Å². The summed E-state index contributed by atoms with van der Waals surface area (Å²) in [5.74, 6) is 0.224. The van der Waals surface area contributed by atoms with E-state index in [0.29, 0.717) is 12.1 Å². The predicted octanol–water partition coefficient (Wildman–Crippen LogP) is 2.95. The van der Waals surface area contributed by atoms with Crippen LogP contribution in [-0.2, 0) is 10.2 Å². The van der Waals surface area contributed by atoms with Gasteiger partial charge in [0.25, 0.3) is 0 Å². The largest absolute Gasteiger partial charge is 0.342 e. The molecule has 0 bridgehead atoms. The van der Waals surface area contributed by atoms with E-state index < -0.39 is 5.41 Å². The monoisotopic (exact) mass is 288 g/mol. The molecule has 21 heavy (non-hydrogen) atoms. The molecule has 0 atom stereocenters. The van der Waals surface area contributed by atoms with Crippen molar-refractivity contribution in [2.75, 3.05) is 14.1 Å². The van der Waals surface area contributed by atoms with E-state index in [1.54, 1.807) is 0 Å². The standard InChI is InChI=1S/C18H28N2O/c1-18(2,14-8-6-5-7-9-14)17(21)20(4)16-12-10-15(19-3)11-13-16/h5-9,15-16,19H,10-13H2,1-4H3. The summed E-state index contributed by atoms with van der Waals surface area (Å²) in [6.45, 7) is 4.06. The van der Waals surface area contributed by atoms with Gasteiger partial charge < -0.3 is 10.2 Å². The third-order valence-electron chi connectivity index (χ3n) is 5.00. The molecule has 0 saturated heterocycles. The van der Waals surface area contributed by atoms with E-state index in [2.05, 4.69) is 5.32 Å². The Morgan fingerprint density at radius 3 is 2.24 bits per heavy atom. The van der Waals surface area contributed by atoms with Crippen LogP contribution in [0, 0.1) is 0 Å². The summed E-state index contributed by atoms with van der Waals surface area (Å²) in [5.41, 5.74) is 0.626. The molecule has 116 valence electrons. The molecular formula is C18H28N2O. The molecule has 0 heterocycles. The van der Waals surface area contributed by atoms with Gasteiger partial charge in [0, 0.05) is 19.1 Å². The summed E-state index contributed by atoms with van der Waals surface area (Å²) in [6, 6.07) is 11.1. The average Bonchev–Trinajstić information content (AvgIpc) is 2.54. The number of carbonyl (C=O) groups is 1. The lowest BCUT2D eigenvalue weighted by molar-refractivity contribution is -0.137. The molecule has 1 saturated carbocycles. The summed E-state index contributed by atoms with van der Waals surface area (Å²) >= 11 is 0. The van der Waals surface area contributed by atoms with Crippen molar-refractivity contribution in [1.82, 2.24) is 10.2 Å². The van der Waals surface area contributed by atoms with Gasteiger partial charge in [-0.1, -0.05) is 30.3 Å². The Morgan fingerprint density at radius 2 is 1.71 bits per heavy atom. The Morgan fingerprint density at radius 1 is 1.14 bits per heavy atom. The van der Waals surface area contributed by atoms with Crippen LogP contribution in [0.2, 0.25) is 0 Å². The number of likely N-dealkylation sites (N-methyl/N-ethyl adjacent to an activating group) is 1. The van der Waals surface area contributed by atoms with Gasteiger partial charge in [-0.15, -0.1) is 0 Å². The maximum Gasteiger partial charge on any atom is 0.232 e. The highest BCUT2D eigenvalue weighted by atomic mass is 16.2. The smallest absolute Gasteiger partial charge is 0.232 e. The van der Waals surface area contributed by atoms with Gasteiger partial charge in [0.2, 0.25) is 5.91 Å². The maximum atomic E-state index is 12.9. The third kappa shape index (κ3) is 3.46. The molecule has 0 aliphatic heterocycles. The summed E-state index contributed by atoms with van der Waals surface area (Å²) in [5, 5.41) is 3.35. The fourth-order valence-electron chi connectivity index (χ4n) is 3.34. The van der Waals surface area contributed by atoms with E-state index in [0.717, 1.165) is 31.2 Å². The second kappa shape index (κ2) is 6.61. The Labute approximate surface area is 128 Å². The van der Waals surface area contributed by atoms with Crippen molar-refractivity contribution in [3.05, 3.63) is 35.9 Å². The first-order valence-corrected chi connectivity index (χ1v) is 7.97. The highest BCUT2D eigenvalue weighted by molar-refractivity contribution is 5.87. The van der Waals surface area contributed by atoms with E-state index in [1.807, 2.05) is 63.2 Å². The number of hydrogen-bond acceptors (Lipinski definition) is 2. The van der Waals surface area contributed by atoms with E-state index in [1.165, 1.54) is 0 Å². The van der Waals surface area contributed by atoms with E-state index in [4.69, 9.17) is 0 Å². The van der Waals surface area contributed by atoms with Gasteiger partial charge in [0.15, 0.2) is 0 Å². The van der Waals surface area contributed by atoms with Crippen molar-refractivity contribution in [3.8, 4) is 0 Å². The number of nitrogens with one attached hydrogen (secondary N) is 1. The molecule has 1 N–H and O–H groups in total. The molecule has 1 aliphatic rings. The highest BCUT2D eigenvalue weighted by Gasteiger charge is 2.35. The normalized spacial score (nSPS) is 22.9. The van der Waals surface area contributed by atoms with Gasteiger partial charge in [-0.25, -0.2) is 0 Å². The molecule has 0 radical (unpaired) electrons. The van der Waals surface area contributed by atoms with Crippen LogP contribution >= 0.6 is 0 Å². The van der Waals surface area contributed by atoms with Crippen LogP contribution in [0.1, 0.15) is 45.1 Å². The van der Waals surface area contributed by atoms with Crippen molar-refractivity contribution >= 4 is 5.91 Å². The number of hydrogen-bond donors (Lipinski definition) is 1. The lowest BCUT2D eigenvalue weighted by atomic mass is 9.82. The van der Waals surface area contributed by atoms with Crippen LogP contribution in [0.5, 0.6) is 0 Å². The van der Waals surface area contributed by atoms with Crippen LogP contribution in [-0.4, -0.2) is 37.0 Å². The Bertz CT molecular complexity index is 461. The van der Waals surface area contributed by atoms with Gasteiger partial charge in [-0.2, -0.15) is 0 Å². The lowest BCUT2D eigenvalue weighted by Gasteiger charge is -2.38. The molecule has 2 rings (SSSR count). The number of benzene rings is 1. The van der Waals surface area contributed by atoms with Crippen molar-refractivity contribution in [3.63, 3.8) is 0 Å². The topological polar surface area (TPSA) is 32.3 Å². The van der Waals surface area contributed by atoms with Crippen molar-refractivity contribution in [1.29, 1.82) is 0 Å². The lowest BCUT2D eigenvalue weighted by Crippen LogP contribution is -2.48. The molecule has 3 heteroatoms. The number of carbonyl (C=O) groups excluding carboxylic acids is 1. The molecule has 0 aromatic heterocycles. The molecule has 1 fully saturated rings. The minimum Gasteiger partial charge on any atom is -0.342 e. The van der Waals surface area contributed by atoms with Gasteiger partial charge >= 0.3 is 0 Å². The van der Waals surface area contributed by atoms with E-state index in [9.17, 15) is 4.79 Å². The average molecular weight is 288 g/mol. The zero-order valence-electron chi connectivity index (χ0n) is 13.7. The van der Waals surface area contributed by atoms with Crippen molar-refractivity contribution < 1.29 is 4.79 Å². The summed E-state index contributed by atoms with van der Waals surface area (Å²) in [6.07, 6.45) is 4.51. The van der Waals surface area contributed by atoms with E-state index >= 15 is 0 Å². The molecule has 0 unspecified atom stereocenters. The number of nitrogens with zero attached hydrogens (tertiary/aromatic N) is 1. The molecule has 1 aromatic rings. The first-order chi connectivity index (χ1) is 9.96. The maximum absolute atomic E-state index is 12.9. The van der Waals surface area contributed by atoms with Gasteiger partial charge in [-0.3, -0.25) is 4.79 Å².